The average Bonchev–Trinajstić information content (AvgIpc) is 3.48. The molecular formula is C40H43F3N4O7. The molecule has 2 atom stereocenters. The molecule has 11 nitrogen and oxygen atoms in total. The van der Waals surface area contributed by atoms with Crippen molar-refractivity contribution < 1.29 is 47.7 Å². The summed E-state index contributed by atoms with van der Waals surface area (Å²) < 4.78 is 31.7. The van der Waals surface area contributed by atoms with Crippen LogP contribution in [0.3, 0.4) is 0 Å². The number of hydrazine groups is 1. The van der Waals surface area contributed by atoms with Gasteiger partial charge in [-0.05, 0) is 52.8 Å². The number of H-pyrrole nitrogens is 1. The number of para-hydroxylation sites is 1. The molecule has 1 aromatic heterocycles. The summed E-state index contributed by atoms with van der Waals surface area (Å²) in [7, 11) is 1.80. The molecule has 4 aromatic carbocycles. The minimum absolute atomic E-state index is 0.0476. The van der Waals surface area contributed by atoms with Gasteiger partial charge in [-0.3, -0.25) is 19.8 Å². The van der Waals surface area contributed by atoms with Crippen molar-refractivity contribution in [2.24, 2.45) is 0 Å². The van der Waals surface area contributed by atoms with E-state index in [0.29, 0.717) is 32.4 Å². The molecule has 14 heteroatoms. The van der Waals surface area contributed by atoms with Gasteiger partial charge in [0.2, 0.25) is 5.91 Å². The first kappa shape index (κ1) is 41.0. The Morgan fingerprint density at radius 2 is 1.43 bits per heavy atom. The van der Waals surface area contributed by atoms with Gasteiger partial charge >= 0.3 is 24.1 Å². The minimum Gasteiger partial charge on any atom is -0.481 e. The molecule has 5 N–H and O–H groups in total. The first-order valence-corrected chi connectivity index (χ1v) is 17.3. The molecule has 0 radical (unpaired) electrons. The first-order valence-electron chi connectivity index (χ1n) is 17.3. The highest BCUT2D eigenvalue weighted by Crippen LogP contribution is 2.26. The summed E-state index contributed by atoms with van der Waals surface area (Å²) in [4.78, 5) is 51.9. The van der Waals surface area contributed by atoms with Crippen LogP contribution in [-0.2, 0) is 45.0 Å². The van der Waals surface area contributed by atoms with Crippen molar-refractivity contribution in [3.8, 4) is 0 Å². The molecule has 0 aliphatic heterocycles. The maximum Gasteiger partial charge on any atom is 0.490 e. The van der Waals surface area contributed by atoms with Crippen LogP contribution in [0, 0.1) is 0 Å². The first-order chi connectivity index (χ1) is 25.7. The second-order valence-electron chi connectivity index (χ2n) is 12.8. The zero-order chi connectivity index (χ0) is 39.4. The van der Waals surface area contributed by atoms with Crippen LogP contribution in [0.1, 0.15) is 42.1 Å². The number of aromatic nitrogens is 1. The zero-order valence-corrected chi connectivity index (χ0v) is 29.8. The van der Waals surface area contributed by atoms with Gasteiger partial charge in [-0.1, -0.05) is 97.9 Å². The molecule has 0 bridgehead atoms. The number of likely N-dealkylation sites (N-methyl/N-ethyl adjacent to an activating group) is 2. The number of hydrogen-bond donors (Lipinski definition) is 5. The van der Waals surface area contributed by atoms with E-state index in [4.69, 9.17) is 9.90 Å². The standard InChI is InChI=1S/C38H42N4O5.C2HF3O2/c1-3-42(40-30(24-37(45)46)23-32-31-15-9-10-16-33(31)39-34(32)19-20-36(43)44)35(38(47)41(2)25-26-11-5-4-6-12-26)22-27-17-18-28-13-7-8-14-29(28)21-27;3-2(4,5)1(6)7/h4-18,21,30,35,39-40H,3,19-20,22-25H2,1-2H3,(H,43,44)(H,45,46);(H,6,7)/t30-,35-;/m0./s1. The Morgan fingerprint density at radius 3 is 2.06 bits per heavy atom. The summed E-state index contributed by atoms with van der Waals surface area (Å²) in [6.07, 6.45) is -4.28. The van der Waals surface area contributed by atoms with Crippen molar-refractivity contribution in [2.75, 3.05) is 13.6 Å². The number of fused-ring (bicyclic) bond motifs is 2. The number of rotatable bonds is 16. The number of hydrogen-bond acceptors (Lipinski definition) is 6. The second-order valence-corrected chi connectivity index (χ2v) is 12.8. The van der Waals surface area contributed by atoms with Gasteiger partial charge in [0.25, 0.3) is 0 Å². The number of carbonyl (C=O) groups excluding carboxylic acids is 1. The Labute approximate surface area is 310 Å². The van der Waals surface area contributed by atoms with E-state index in [0.717, 1.165) is 44.1 Å². The smallest absolute Gasteiger partial charge is 0.481 e. The van der Waals surface area contributed by atoms with E-state index in [9.17, 15) is 37.8 Å². The Morgan fingerprint density at radius 1 is 0.796 bits per heavy atom. The molecule has 54 heavy (non-hydrogen) atoms. The van der Waals surface area contributed by atoms with Crippen molar-refractivity contribution in [3.63, 3.8) is 0 Å². The normalized spacial score (nSPS) is 12.6. The molecule has 0 aliphatic rings. The third kappa shape index (κ3) is 11.6. The number of alkyl halides is 3. The molecule has 1 heterocycles. The molecule has 0 aliphatic carbocycles. The number of aryl methyl sites for hydroxylation is 1. The molecule has 0 fully saturated rings. The van der Waals surface area contributed by atoms with Crippen molar-refractivity contribution in [1.82, 2.24) is 20.3 Å². The highest BCUT2D eigenvalue weighted by Gasteiger charge is 2.38. The van der Waals surface area contributed by atoms with Crippen molar-refractivity contribution in [2.45, 2.75) is 63.8 Å². The molecule has 0 saturated carbocycles. The lowest BCUT2D eigenvalue weighted by atomic mass is 9.98. The number of nitrogens with zero attached hydrogens (tertiary/aromatic N) is 2. The Hall–Kier alpha value is -5.73. The topological polar surface area (TPSA) is 163 Å². The molecule has 0 spiro atoms. The third-order valence-corrected chi connectivity index (χ3v) is 8.84. The molecule has 0 saturated heterocycles. The van der Waals surface area contributed by atoms with Gasteiger partial charge < -0.3 is 25.2 Å². The Kier molecular flexibility index (Phi) is 14.3. The lowest BCUT2D eigenvalue weighted by Crippen LogP contribution is -2.57. The number of carboxylic acid groups (broad SMARTS) is 3. The van der Waals surface area contributed by atoms with E-state index < -0.39 is 36.2 Å². The van der Waals surface area contributed by atoms with E-state index in [1.807, 2.05) is 84.7 Å². The van der Waals surface area contributed by atoms with Gasteiger partial charge in [-0.25, -0.2) is 9.80 Å². The predicted molar refractivity (Wildman–Crippen MR) is 198 cm³/mol. The van der Waals surface area contributed by atoms with Gasteiger partial charge in [-0.2, -0.15) is 13.2 Å². The molecule has 5 aromatic rings. The number of nitrogens with one attached hydrogen (secondary N) is 2. The van der Waals surface area contributed by atoms with E-state index in [1.165, 1.54) is 0 Å². The van der Waals surface area contributed by atoms with E-state index in [-0.39, 0.29) is 18.7 Å². The van der Waals surface area contributed by atoms with E-state index in [1.54, 1.807) is 11.9 Å². The number of amides is 1. The fourth-order valence-electron chi connectivity index (χ4n) is 6.30. The van der Waals surface area contributed by atoms with E-state index in [2.05, 4.69) is 34.7 Å². The van der Waals surface area contributed by atoms with Gasteiger partial charge in [0.15, 0.2) is 0 Å². The van der Waals surface area contributed by atoms with Gasteiger partial charge in [0.1, 0.15) is 6.04 Å². The number of halogens is 3. The molecular weight excluding hydrogens is 705 g/mol. The van der Waals surface area contributed by atoms with Crippen LogP contribution in [0.2, 0.25) is 0 Å². The number of carboxylic acids is 3. The maximum absolute atomic E-state index is 14.3. The van der Waals surface area contributed by atoms with Crippen LogP contribution in [-0.4, -0.2) is 85.9 Å². The van der Waals surface area contributed by atoms with Crippen LogP contribution in [0.4, 0.5) is 13.2 Å². The lowest BCUT2D eigenvalue weighted by Gasteiger charge is -2.36. The monoisotopic (exact) mass is 748 g/mol. The predicted octanol–water partition coefficient (Wildman–Crippen LogP) is 6.45. The summed E-state index contributed by atoms with van der Waals surface area (Å²) in [5.74, 6) is -4.71. The van der Waals surface area contributed by atoms with Crippen molar-refractivity contribution >= 4 is 45.5 Å². The van der Waals surface area contributed by atoms with E-state index >= 15 is 0 Å². The Bertz CT molecular complexity index is 2050. The molecule has 0 unspecified atom stereocenters. The second kappa shape index (κ2) is 18.9. The third-order valence-electron chi connectivity index (χ3n) is 8.84. The van der Waals surface area contributed by atoms with Crippen LogP contribution >= 0.6 is 0 Å². The summed E-state index contributed by atoms with van der Waals surface area (Å²) in [5, 5.41) is 31.5. The highest BCUT2D eigenvalue weighted by atomic mass is 19.4. The molecule has 5 rings (SSSR count). The van der Waals surface area contributed by atoms with Crippen molar-refractivity contribution in [3.05, 3.63) is 119 Å². The summed E-state index contributed by atoms with van der Waals surface area (Å²) in [6, 6.07) is 30.7. The van der Waals surface area contributed by atoms with Crippen LogP contribution in [0.15, 0.2) is 97.1 Å². The largest absolute Gasteiger partial charge is 0.490 e. The fourth-order valence-corrected chi connectivity index (χ4v) is 6.30. The zero-order valence-electron chi connectivity index (χ0n) is 29.8. The SMILES string of the molecule is CCN(N[C@H](CC(=O)O)Cc1c(CCC(=O)O)[nH]c2ccccc12)[C@@H](Cc1ccc2ccccc2c1)C(=O)N(C)Cc1ccccc1.O=C(O)C(F)(F)F. The quantitative estimate of drug-likeness (QED) is 0.0714. The summed E-state index contributed by atoms with van der Waals surface area (Å²) in [6.45, 7) is 2.83. The fraction of sp³-hybridized carbons (Fsp3) is 0.300. The van der Waals surface area contributed by atoms with Gasteiger partial charge in [0, 0.05) is 42.8 Å². The van der Waals surface area contributed by atoms with Crippen LogP contribution in [0.5, 0.6) is 0 Å². The lowest BCUT2D eigenvalue weighted by molar-refractivity contribution is -0.192. The average molecular weight is 749 g/mol. The highest BCUT2D eigenvalue weighted by molar-refractivity contribution is 5.86. The van der Waals surface area contributed by atoms with Crippen LogP contribution in [0.25, 0.3) is 21.7 Å². The summed E-state index contributed by atoms with van der Waals surface area (Å²) in [5.41, 5.74) is 8.01. The molecule has 1 amide bonds. The maximum atomic E-state index is 14.3. The number of carbonyl (C=O) groups is 4. The van der Waals surface area contributed by atoms with Gasteiger partial charge in [0.05, 0.1) is 12.8 Å². The number of benzene rings is 4. The van der Waals surface area contributed by atoms with Gasteiger partial charge in [-0.15, -0.1) is 0 Å². The minimum atomic E-state index is -5.08. The number of aliphatic carboxylic acids is 3. The summed E-state index contributed by atoms with van der Waals surface area (Å²) >= 11 is 0. The Balaban J connectivity index is 0.000000845. The molecule has 286 valence electrons. The van der Waals surface area contributed by atoms with Crippen LogP contribution < -0.4 is 5.43 Å². The van der Waals surface area contributed by atoms with Crippen molar-refractivity contribution in [1.29, 1.82) is 0 Å². The number of aromatic amines is 1.